The predicted molar refractivity (Wildman–Crippen MR) is 58.7 cm³/mol. The van der Waals surface area contributed by atoms with E-state index >= 15 is 0 Å². The summed E-state index contributed by atoms with van der Waals surface area (Å²) in [6.45, 7) is 6.59. The number of nitrogens with one attached hydrogen (secondary N) is 1. The maximum Gasteiger partial charge on any atom is 0.251 e. The van der Waals surface area contributed by atoms with Gasteiger partial charge in [-0.15, -0.1) is 10.2 Å². The minimum absolute atomic E-state index is 0.394. The lowest BCUT2D eigenvalue weighted by Crippen LogP contribution is -2.21. The van der Waals surface area contributed by atoms with Gasteiger partial charge in [0.1, 0.15) is 5.76 Å². The minimum Gasteiger partial charge on any atom is -0.469 e. The standard InChI is InChI=1S/C11H15N3O2/c1-7(2)12-6-10-13-14-11(16-10)9-4-5-15-8(9)3/h4-5,7,12H,6H2,1-3H3. The summed E-state index contributed by atoms with van der Waals surface area (Å²) in [4.78, 5) is 0. The number of aryl methyl sites for hydroxylation is 1. The summed E-state index contributed by atoms with van der Waals surface area (Å²) >= 11 is 0. The van der Waals surface area contributed by atoms with Gasteiger partial charge in [0.2, 0.25) is 5.89 Å². The molecule has 2 rings (SSSR count). The van der Waals surface area contributed by atoms with Gasteiger partial charge in [0, 0.05) is 6.04 Å². The normalized spacial score (nSPS) is 11.2. The van der Waals surface area contributed by atoms with Crippen molar-refractivity contribution in [2.24, 2.45) is 0 Å². The molecule has 0 saturated carbocycles. The van der Waals surface area contributed by atoms with Crippen LogP contribution in [0.2, 0.25) is 0 Å². The Hall–Kier alpha value is -1.62. The molecule has 0 unspecified atom stereocenters. The molecule has 2 aromatic rings. The molecule has 0 saturated heterocycles. The van der Waals surface area contributed by atoms with E-state index in [1.165, 1.54) is 0 Å². The monoisotopic (exact) mass is 221 g/mol. The number of nitrogens with zero attached hydrogens (tertiary/aromatic N) is 2. The third-order valence-corrected chi connectivity index (χ3v) is 2.22. The molecule has 86 valence electrons. The van der Waals surface area contributed by atoms with Crippen LogP contribution >= 0.6 is 0 Å². The van der Waals surface area contributed by atoms with Crippen LogP contribution < -0.4 is 5.32 Å². The molecule has 0 bridgehead atoms. The van der Waals surface area contributed by atoms with Crippen molar-refractivity contribution in [1.29, 1.82) is 0 Å². The van der Waals surface area contributed by atoms with E-state index < -0.39 is 0 Å². The van der Waals surface area contributed by atoms with Crippen LogP contribution in [0.3, 0.4) is 0 Å². The van der Waals surface area contributed by atoms with Crippen LogP contribution in [0.15, 0.2) is 21.2 Å². The number of hydrogen-bond acceptors (Lipinski definition) is 5. The fourth-order valence-electron chi connectivity index (χ4n) is 1.33. The molecule has 0 aliphatic carbocycles. The van der Waals surface area contributed by atoms with Crippen LogP contribution in [-0.2, 0) is 6.54 Å². The van der Waals surface area contributed by atoms with Gasteiger partial charge in [0.05, 0.1) is 18.4 Å². The van der Waals surface area contributed by atoms with Crippen LogP contribution in [0.1, 0.15) is 25.5 Å². The molecular formula is C11H15N3O2. The first-order valence-electron chi connectivity index (χ1n) is 5.27. The molecule has 2 heterocycles. The smallest absolute Gasteiger partial charge is 0.251 e. The lowest BCUT2D eigenvalue weighted by molar-refractivity contribution is 0.457. The Bertz CT molecular complexity index is 459. The van der Waals surface area contributed by atoms with Gasteiger partial charge < -0.3 is 14.2 Å². The summed E-state index contributed by atoms with van der Waals surface area (Å²) in [7, 11) is 0. The zero-order chi connectivity index (χ0) is 11.5. The van der Waals surface area contributed by atoms with Gasteiger partial charge in [-0.25, -0.2) is 0 Å². The summed E-state index contributed by atoms with van der Waals surface area (Å²) in [5.41, 5.74) is 0.850. The van der Waals surface area contributed by atoms with Crippen molar-refractivity contribution in [3.05, 3.63) is 24.0 Å². The predicted octanol–water partition coefficient (Wildman–Crippen LogP) is 2.14. The van der Waals surface area contributed by atoms with E-state index in [1.807, 2.05) is 13.0 Å². The highest BCUT2D eigenvalue weighted by atomic mass is 16.4. The van der Waals surface area contributed by atoms with Crippen LogP contribution in [0.25, 0.3) is 11.5 Å². The van der Waals surface area contributed by atoms with Crippen LogP contribution in [-0.4, -0.2) is 16.2 Å². The average Bonchev–Trinajstić information content (AvgIpc) is 2.83. The summed E-state index contributed by atoms with van der Waals surface area (Å²) in [6.07, 6.45) is 1.61. The lowest BCUT2D eigenvalue weighted by atomic mass is 10.3. The SMILES string of the molecule is Cc1occc1-c1nnc(CNC(C)C)o1. The molecule has 0 spiro atoms. The van der Waals surface area contributed by atoms with Crippen LogP contribution in [0.5, 0.6) is 0 Å². The molecule has 0 atom stereocenters. The van der Waals surface area contributed by atoms with E-state index in [1.54, 1.807) is 6.26 Å². The Balaban J connectivity index is 2.11. The highest BCUT2D eigenvalue weighted by molar-refractivity contribution is 5.54. The van der Waals surface area contributed by atoms with E-state index in [0.29, 0.717) is 24.4 Å². The van der Waals surface area contributed by atoms with Gasteiger partial charge in [0.15, 0.2) is 0 Å². The summed E-state index contributed by atoms with van der Waals surface area (Å²) < 4.78 is 10.7. The van der Waals surface area contributed by atoms with E-state index in [2.05, 4.69) is 29.4 Å². The van der Waals surface area contributed by atoms with E-state index in [4.69, 9.17) is 8.83 Å². The Morgan fingerprint density at radius 3 is 2.81 bits per heavy atom. The van der Waals surface area contributed by atoms with Crippen LogP contribution in [0.4, 0.5) is 0 Å². The van der Waals surface area contributed by atoms with Gasteiger partial charge in [0.25, 0.3) is 5.89 Å². The molecular weight excluding hydrogens is 206 g/mol. The van der Waals surface area contributed by atoms with E-state index in [-0.39, 0.29) is 0 Å². The van der Waals surface area contributed by atoms with E-state index in [9.17, 15) is 0 Å². The summed E-state index contributed by atoms with van der Waals surface area (Å²) in [5, 5.41) is 11.2. The van der Waals surface area contributed by atoms with E-state index in [0.717, 1.165) is 11.3 Å². The highest BCUT2D eigenvalue weighted by Gasteiger charge is 2.12. The van der Waals surface area contributed by atoms with Gasteiger partial charge in [-0.05, 0) is 13.0 Å². The fourth-order valence-corrected chi connectivity index (χ4v) is 1.33. The Labute approximate surface area is 93.9 Å². The topological polar surface area (TPSA) is 64.1 Å². The number of aromatic nitrogens is 2. The Morgan fingerprint density at radius 2 is 2.19 bits per heavy atom. The van der Waals surface area contributed by atoms with Crippen molar-refractivity contribution in [2.75, 3.05) is 0 Å². The molecule has 0 aliphatic rings. The molecule has 0 fully saturated rings. The molecule has 0 radical (unpaired) electrons. The van der Waals surface area contributed by atoms with Crippen molar-refractivity contribution in [3.63, 3.8) is 0 Å². The second kappa shape index (κ2) is 4.49. The molecule has 16 heavy (non-hydrogen) atoms. The molecule has 0 aliphatic heterocycles. The molecule has 5 nitrogen and oxygen atoms in total. The zero-order valence-electron chi connectivity index (χ0n) is 9.65. The van der Waals surface area contributed by atoms with Crippen molar-refractivity contribution in [2.45, 2.75) is 33.4 Å². The third-order valence-electron chi connectivity index (χ3n) is 2.22. The Morgan fingerprint density at radius 1 is 1.38 bits per heavy atom. The third kappa shape index (κ3) is 2.30. The fraction of sp³-hybridized carbons (Fsp3) is 0.455. The molecule has 1 N–H and O–H groups in total. The van der Waals surface area contributed by atoms with Crippen molar-refractivity contribution in [1.82, 2.24) is 15.5 Å². The zero-order valence-corrected chi connectivity index (χ0v) is 9.65. The summed E-state index contributed by atoms with van der Waals surface area (Å²) in [6, 6.07) is 2.22. The molecule has 5 heteroatoms. The quantitative estimate of drug-likeness (QED) is 0.856. The molecule has 2 aromatic heterocycles. The van der Waals surface area contributed by atoms with Crippen molar-refractivity contribution in [3.8, 4) is 11.5 Å². The number of hydrogen-bond donors (Lipinski definition) is 1. The first-order chi connectivity index (χ1) is 7.66. The maximum atomic E-state index is 5.51. The minimum atomic E-state index is 0.394. The first kappa shape index (κ1) is 10.9. The maximum absolute atomic E-state index is 5.51. The highest BCUT2D eigenvalue weighted by Crippen LogP contribution is 2.22. The second-order valence-corrected chi connectivity index (χ2v) is 3.93. The molecule has 0 aromatic carbocycles. The number of rotatable bonds is 4. The summed E-state index contributed by atoms with van der Waals surface area (Å²) in [5.74, 6) is 1.88. The van der Waals surface area contributed by atoms with Crippen LogP contribution in [0, 0.1) is 6.92 Å². The second-order valence-electron chi connectivity index (χ2n) is 3.93. The Kier molecular flexibility index (Phi) is 3.05. The first-order valence-corrected chi connectivity index (χ1v) is 5.27. The van der Waals surface area contributed by atoms with Gasteiger partial charge in [-0.1, -0.05) is 13.8 Å². The van der Waals surface area contributed by atoms with Crippen molar-refractivity contribution >= 4 is 0 Å². The number of furan rings is 1. The van der Waals surface area contributed by atoms with Crippen molar-refractivity contribution < 1.29 is 8.83 Å². The van der Waals surface area contributed by atoms with Gasteiger partial charge in [-0.2, -0.15) is 0 Å². The van der Waals surface area contributed by atoms with Gasteiger partial charge in [-0.3, -0.25) is 0 Å². The average molecular weight is 221 g/mol. The van der Waals surface area contributed by atoms with Gasteiger partial charge >= 0.3 is 0 Å². The lowest BCUT2D eigenvalue weighted by Gasteiger charge is -2.03. The molecule has 0 amide bonds. The largest absolute Gasteiger partial charge is 0.469 e.